The Hall–Kier alpha value is -3.22. The first-order valence-electron chi connectivity index (χ1n) is 10.7. The van der Waals surface area contributed by atoms with Crippen LogP contribution in [0.3, 0.4) is 0 Å². The zero-order chi connectivity index (χ0) is 22.3. The van der Waals surface area contributed by atoms with Crippen LogP contribution in [-0.4, -0.2) is 50.2 Å². The van der Waals surface area contributed by atoms with Crippen molar-refractivity contribution >= 4 is 17.6 Å². The summed E-state index contributed by atoms with van der Waals surface area (Å²) in [6.07, 6.45) is 2.11. The molecule has 0 radical (unpaired) electrons. The molecule has 1 saturated carbocycles. The molecule has 0 unspecified atom stereocenters. The lowest BCUT2D eigenvalue weighted by Gasteiger charge is -2.21. The standard InChI is InChI=1S/C24H31N3O4/c1-4-30-20-12-11-19(15-21(20)31-5-2)26-22(28)16-27(3)23(29)25-17-24(13-14-24)18-9-7-6-8-10-18/h6-12,15H,4-5,13-14,16-17H2,1-3H3,(H,25,29)(H,26,28). The molecule has 7 heteroatoms. The first-order valence-corrected chi connectivity index (χ1v) is 10.7. The number of carbonyl (C=O) groups is 2. The number of carbonyl (C=O) groups excluding carboxylic acids is 2. The molecule has 2 aromatic rings. The van der Waals surface area contributed by atoms with E-state index in [-0.39, 0.29) is 23.9 Å². The van der Waals surface area contributed by atoms with Gasteiger partial charge in [-0.05, 0) is 44.4 Å². The molecule has 2 N–H and O–H groups in total. The molecule has 3 rings (SSSR count). The van der Waals surface area contributed by atoms with Crippen molar-refractivity contribution in [2.75, 3.05) is 38.7 Å². The monoisotopic (exact) mass is 425 g/mol. The summed E-state index contributed by atoms with van der Waals surface area (Å²) >= 11 is 0. The second kappa shape index (κ2) is 10.2. The Labute approximate surface area is 183 Å². The molecule has 0 spiro atoms. The third-order valence-electron chi connectivity index (χ3n) is 5.37. The number of nitrogens with zero attached hydrogens (tertiary/aromatic N) is 1. The predicted octanol–water partition coefficient (Wildman–Crippen LogP) is 3.80. The molecule has 31 heavy (non-hydrogen) atoms. The van der Waals surface area contributed by atoms with Crippen LogP contribution >= 0.6 is 0 Å². The fraction of sp³-hybridized carbons (Fsp3) is 0.417. The Balaban J connectivity index is 1.51. The third-order valence-corrected chi connectivity index (χ3v) is 5.37. The van der Waals surface area contributed by atoms with Crippen molar-refractivity contribution in [3.05, 3.63) is 54.1 Å². The third kappa shape index (κ3) is 5.90. The minimum atomic E-state index is -0.284. The van der Waals surface area contributed by atoms with Gasteiger partial charge in [-0.15, -0.1) is 0 Å². The molecule has 0 aromatic heterocycles. The lowest BCUT2D eigenvalue weighted by atomic mass is 9.96. The van der Waals surface area contributed by atoms with E-state index in [1.54, 1.807) is 25.2 Å². The van der Waals surface area contributed by atoms with E-state index in [1.807, 2.05) is 32.0 Å². The molecule has 0 heterocycles. The summed E-state index contributed by atoms with van der Waals surface area (Å²) in [5.74, 6) is 0.920. The Morgan fingerprint density at radius 3 is 2.32 bits per heavy atom. The number of benzene rings is 2. The van der Waals surface area contributed by atoms with Crippen molar-refractivity contribution in [3.63, 3.8) is 0 Å². The molecule has 0 bridgehead atoms. The van der Waals surface area contributed by atoms with E-state index in [0.29, 0.717) is 36.9 Å². The number of urea groups is 1. The van der Waals surface area contributed by atoms with Crippen LogP contribution in [0.15, 0.2) is 48.5 Å². The summed E-state index contributed by atoms with van der Waals surface area (Å²) in [6.45, 7) is 5.32. The number of nitrogens with one attached hydrogen (secondary N) is 2. The molecule has 7 nitrogen and oxygen atoms in total. The molecule has 2 aromatic carbocycles. The molecular weight excluding hydrogens is 394 g/mol. The van der Waals surface area contributed by atoms with E-state index in [1.165, 1.54) is 10.5 Å². The van der Waals surface area contributed by atoms with Gasteiger partial charge in [-0.25, -0.2) is 4.79 Å². The average molecular weight is 426 g/mol. The fourth-order valence-corrected chi connectivity index (χ4v) is 3.51. The van der Waals surface area contributed by atoms with Crippen LogP contribution in [0.5, 0.6) is 11.5 Å². The van der Waals surface area contributed by atoms with E-state index < -0.39 is 0 Å². The van der Waals surface area contributed by atoms with Gasteiger partial charge >= 0.3 is 6.03 Å². The second-order valence-corrected chi connectivity index (χ2v) is 7.74. The minimum Gasteiger partial charge on any atom is -0.490 e. The predicted molar refractivity (Wildman–Crippen MR) is 121 cm³/mol. The van der Waals surface area contributed by atoms with Gasteiger partial charge in [-0.3, -0.25) is 4.79 Å². The molecule has 1 aliphatic carbocycles. The minimum absolute atomic E-state index is 0.0258. The maximum absolute atomic E-state index is 12.5. The SMILES string of the molecule is CCOc1ccc(NC(=O)CN(C)C(=O)NCC2(c3ccccc3)CC2)cc1OCC. The first-order chi connectivity index (χ1) is 15.0. The summed E-state index contributed by atoms with van der Waals surface area (Å²) in [5.41, 5.74) is 1.86. The molecule has 1 fully saturated rings. The summed E-state index contributed by atoms with van der Waals surface area (Å²) < 4.78 is 11.1. The zero-order valence-electron chi connectivity index (χ0n) is 18.4. The molecule has 166 valence electrons. The van der Waals surface area contributed by atoms with Crippen LogP contribution in [0, 0.1) is 0 Å². The Bertz CT molecular complexity index is 897. The van der Waals surface area contributed by atoms with Crippen LogP contribution in [-0.2, 0) is 10.2 Å². The summed E-state index contributed by atoms with van der Waals surface area (Å²) in [7, 11) is 1.61. The number of hydrogen-bond donors (Lipinski definition) is 2. The van der Waals surface area contributed by atoms with Crippen LogP contribution < -0.4 is 20.1 Å². The van der Waals surface area contributed by atoms with Gasteiger partial charge in [0.15, 0.2) is 11.5 Å². The molecular formula is C24H31N3O4. The number of rotatable bonds is 10. The highest BCUT2D eigenvalue weighted by Gasteiger charge is 2.44. The Morgan fingerprint density at radius 2 is 1.68 bits per heavy atom. The van der Waals surface area contributed by atoms with E-state index in [4.69, 9.17) is 9.47 Å². The number of hydrogen-bond acceptors (Lipinski definition) is 4. The molecule has 0 aliphatic heterocycles. The molecule has 3 amide bonds. The van der Waals surface area contributed by atoms with Crippen LogP contribution in [0.25, 0.3) is 0 Å². The van der Waals surface area contributed by atoms with Crippen LogP contribution in [0.4, 0.5) is 10.5 Å². The van der Waals surface area contributed by atoms with E-state index >= 15 is 0 Å². The fourth-order valence-electron chi connectivity index (χ4n) is 3.51. The van der Waals surface area contributed by atoms with Crippen molar-refractivity contribution in [3.8, 4) is 11.5 Å². The lowest BCUT2D eigenvalue weighted by Crippen LogP contribution is -2.44. The van der Waals surface area contributed by atoms with Gasteiger partial charge in [-0.1, -0.05) is 30.3 Å². The maximum Gasteiger partial charge on any atom is 0.317 e. The van der Waals surface area contributed by atoms with Crippen molar-refractivity contribution in [2.24, 2.45) is 0 Å². The highest BCUT2D eigenvalue weighted by Crippen LogP contribution is 2.47. The maximum atomic E-state index is 12.5. The van der Waals surface area contributed by atoms with Crippen molar-refractivity contribution in [1.82, 2.24) is 10.2 Å². The van der Waals surface area contributed by atoms with Gasteiger partial charge in [-0.2, -0.15) is 0 Å². The lowest BCUT2D eigenvalue weighted by molar-refractivity contribution is -0.116. The quantitative estimate of drug-likeness (QED) is 0.607. The van der Waals surface area contributed by atoms with Crippen molar-refractivity contribution in [1.29, 1.82) is 0 Å². The second-order valence-electron chi connectivity index (χ2n) is 7.74. The summed E-state index contributed by atoms with van der Waals surface area (Å²) in [5, 5.41) is 5.78. The molecule has 1 aliphatic rings. The largest absolute Gasteiger partial charge is 0.490 e. The Kier molecular flexibility index (Phi) is 7.39. The zero-order valence-corrected chi connectivity index (χ0v) is 18.4. The highest BCUT2D eigenvalue weighted by molar-refractivity contribution is 5.94. The molecule has 0 saturated heterocycles. The number of anilines is 1. The van der Waals surface area contributed by atoms with E-state index in [9.17, 15) is 9.59 Å². The van der Waals surface area contributed by atoms with Gasteiger partial charge in [0.05, 0.1) is 13.2 Å². The van der Waals surface area contributed by atoms with Crippen LogP contribution in [0.2, 0.25) is 0 Å². The number of ether oxygens (including phenoxy) is 2. The van der Waals surface area contributed by atoms with Crippen molar-refractivity contribution in [2.45, 2.75) is 32.1 Å². The van der Waals surface area contributed by atoms with Gasteiger partial charge in [0.2, 0.25) is 5.91 Å². The normalized spacial score (nSPS) is 13.8. The summed E-state index contributed by atoms with van der Waals surface area (Å²) in [6, 6.07) is 15.2. The molecule has 0 atom stereocenters. The highest BCUT2D eigenvalue weighted by atomic mass is 16.5. The van der Waals surface area contributed by atoms with Gasteiger partial charge in [0.1, 0.15) is 6.54 Å². The van der Waals surface area contributed by atoms with E-state index in [0.717, 1.165) is 12.8 Å². The van der Waals surface area contributed by atoms with Crippen LogP contribution in [0.1, 0.15) is 32.3 Å². The van der Waals surface area contributed by atoms with Gasteiger partial charge in [0.25, 0.3) is 0 Å². The van der Waals surface area contributed by atoms with Crippen molar-refractivity contribution < 1.29 is 19.1 Å². The van der Waals surface area contributed by atoms with Gasteiger partial charge < -0.3 is 25.0 Å². The van der Waals surface area contributed by atoms with E-state index in [2.05, 4.69) is 22.8 Å². The number of amides is 3. The Morgan fingerprint density at radius 1 is 1.00 bits per heavy atom. The number of likely N-dealkylation sites (N-methyl/N-ethyl adjacent to an activating group) is 1. The van der Waals surface area contributed by atoms with Gasteiger partial charge in [0, 0.05) is 30.8 Å². The summed E-state index contributed by atoms with van der Waals surface area (Å²) in [4.78, 5) is 26.3. The smallest absolute Gasteiger partial charge is 0.317 e. The first kappa shape index (κ1) is 22.5. The average Bonchev–Trinajstić information content (AvgIpc) is 3.56. The topological polar surface area (TPSA) is 79.9 Å².